The third-order valence-electron chi connectivity index (χ3n) is 5.14. The number of ether oxygens (including phenoxy) is 2. The van der Waals surface area contributed by atoms with E-state index in [2.05, 4.69) is 10.1 Å². The molecule has 1 aliphatic heterocycles. The summed E-state index contributed by atoms with van der Waals surface area (Å²) in [5, 5.41) is 4.04. The number of aromatic nitrogens is 2. The van der Waals surface area contributed by atoms with E-state index in [0.717, 1.165) is 22.6 Å². The maximum Gasteiger partial charge on any atom is 0.233 e. The van der Waals surface area contributed by atoms with Crippen molar-refractivity contribution >= 4 is 5.91 Å². The van der Waals surface area contributed by atoms with Gasteiger partial charge in [-0.1, -0.05) is 29.4 Å². The normalized spacial score (nSPS) is 13.7. The van der Waals surface area contributed by atoms with Crippen LogP contribution >= 0.6 is 0 Å². The lowest BCUT2D eigenvalue weighted by atomic mass is 9.98. The number of aryl methyl sites for hydroxylation is 1. The van der Waals surface area contributed by atoms with Gasteiger partial charge in [0, 0.05) is 19.5 Å². The van der Waals surface area contributed by atoms with Gasteiger partial charge in [0.05, 0.1) is 26.1 Å². The van der Waals surface area contributed by atoms with Crippen LogP contribution in [0.4, 0.5) is 0 Å². The van der Waals surface area contributed by atoms with E-state index in [1.165, 1.54) is 0 Å². The molecule has 1 aromatic heterocycles. The average molecular weight is 407 g/mol. The second kappa shape index (κ2) is 8.98. The van der Waals surface area contributed by atoms with E-state index in [0.29, 0.717) is 44.3 Å². The molecule has 2 aromatic carbocycles. The highest BCUT2D eigenvalue weighted by Crippen LogP contribution is 2.26. The number of methoxy groups -OCH3 is 1. The SMILES string of the molecule is COc1cccc(CC(=O)N2CC(c3nc(CCOc4cccc(C)c4)no3)C2)c1. The Morgan fingerprint density at radius 2 is 1.97 bits per heavy atom. The Balaban J connectivity index is 1.23. The highest BCUT2D eigenvalue weighted by atomic mass is 16.5. The molecule has 0 atom stereocenters. The van der Waals surface area contributed by atoms with Gasteiger partial charge in [0.25, 0.3) is 0 Å². The summed E-state index contributed by atoms with van der Waals surface area (Å²) in [7, 11) is 1.62. The van der Waals surface area contributed by atoms with E-state index < -0.39 is 0 Å². The van der Waals surface area contributed by atoms with Crippen molar-refractivity contribution in [1.29, 1.82) is 0 Å². The van der Waals surface area contributed by atoms with E-state index in [1.807, 2.05) is 60.4 Å². The Hall–Kier alpha value is -3.35. The van der Waals surface area contributed by atoms with Gasteiger partial charge in [-0.15, -0.1) is 0 Å². The van der Waals surface area contributed by atoms with E-state index >= 15 is 0 Å². The monoisotopic (exact) mass is 407 g/mol. The number of benzene rings is 2. The molecular weight excluding hydrogens is 382 g/mol. The van der Waals surface area contributed by atoms with Gasteiger partial charge in [-0.25, -0.2) is 0 Å². The molecule has 3 aromatic rings. The van der Waals surface area contributed by atoms with Gasteiger partial charge in [-0.2, -0.15) is 4.98 Å². The number of hydrogen-bond donors (Lipinski definition) is 0. The predicted octanol–water partition coefficient (Wildman–Crippen LogP) is 3.18. The molecule has 0 radical (unpaired) electrons. The summed E-state index contributed by atoms with van der Waals surface area (Å²) >= 11 is 0. The van der Waals surface area contributed by atoms with Gasteiger partial charge < -0.3 is 18.9 Å². The first-order chi connectivity index (χ1) is 14.6. The number of carbonyl (C=O) groups excluding carboxylic acids is 1. The predicted molar refractivity (Wildman–Crippen MR) is 111 cm³/mol. The molecule has 7 nitrogen and oxygen atoms in total. The molecular formula is C23H25N3O4. The second-order valence-corrected chi connectivity index (χ2v) is 7.49. The van der Waals surface area contributed by atoms with Crippen molar-refractivity contribution in [2.24, 2.45) is 0 Å². The molecule has 0 bridgehead atoms. The number of hydrogen-bond acceptors (Lipinski definition) is 6. The van der Waals surface area contributed by atoms with Crippen molar-refractivity contribution < 1.29 is 18.8 Å². The Bertz CT molecular complexity index is 1010. The Morgan fingerprint density at radius 1 is 1.17 bits per heavy atom. The first kappa shape index (κ1) is 19.9. The third kappa shape index (κ3) is 4.79. The summed E-state index contributed by atoms with van der Waals surface area (Å²) in [6.07, 6.45) is 0.929. The molecule has 1 fully saturated rings. The number of nitrogens with zero attached hydrogens (tertiary/aromatic N) is 3. The second-order valence-electron chi connectivity index (χ2n) is 7.49. The van der Waals surface area contributed by atoms with Crippen molar-refractivity contribution in [3.63, 3.8) is 0 Å². The largest absolute Gasteiger partial charge is 0.497 e. The summed E-state index contributed by atoms with van der Waals surface area (Å²) in [6.45, 7) is 3.72. The van der Waals surface area contributed by atoms with Crippen LogP contribution in [0.1, 0.15) is 28.8 Å². The van der Waals surface area contributed by atoms with E-state index in [4.69, 9.17) is 14.0 Å². The molecule has 2 heterocycles. The quantitative estimate of drug-likeness (QED) is 0.571. The topological polar surface area (TPSA) is 77.7 Å². The van der Waals surface area contributed by atoms with Gasteiger partial charge in [-0.05, 0) is 42.3 Å². The van der Waals surface area contributed by atoms with Gasteiger partial charge in [0.1, 0.15) is 11.5 Å². The molecule has 30 heavy (non-hydrogen) atoms. The standard InChI is InChI=1S/C23H25N3O4/c1-16-5-3-8-20(11-16)29-10-9-21-24-23(30-25-21)18-14-26(15-18)22(27)13-17-6-4-7-19(12-17)28-2/h3-8,11-12,18H,9-10,13-15H2,1-2H3. The number of likely N-dealkylation sites (tertiary alicyclic amines) is 1. The van der Waals surface area contributed by atoms with Crippen molar-refractivity contribution in [2.45, 2.75) is 25.7 Å². The molecule has 0 spiro atoms. The summed E-state index contributed by atoms with van der Waals surface area (Å²) in [5.41, 5.74) is 2.10. The van der Waals surface area contributed by atoms with Crippen LogP contribution in [0.25, 0.3) is 0 Å². The fraction of sp³-hybridized carbons (Fsp3) is 0.348. The van der Waals surface area contributed by atoms with Crippen molar-refractivity contribution in [1.82, 2.24) is 15.0 Å². The number of rotatable bonds is 8. The Labute approximate surface area is 175 Å². The fourth-order valence-electron chi connectivity index (χ4n) is 3.41. The van der Waals surface area contributed by atoms with Gasteiger partial charge in [-0.3, -0.25) is 4.79 Å². The Kier molecular flexibility index (Phi) is 5.97. The van der Waals surface area contributed by atoms with Crippen molar-refractivity contribution in [3.05, 3.63) is 71.4 Å². The third-order valence-corrected chi connectivity index (χ3v) is 5.14. The van der Waals surface area contributed by atoms with Crippen LogP contribution in [-0.4, -0.2) is 47.8 Å². The molecule has 1 saturated heterocycles. The van der Waals surface area contributed by atoms with Crippen LogP contribution < -0.4 is 9.47 Å². The van der Waals surface area contributed by atoms with Crippen LogP contribution in [0.5, 0.6) is 11.5 Å². The Morgan fingerprint density at radius 3 is 2.77 bits per heavy atom. The van der Waals surface area contributed by atoms with Crippen molar-refractivity contribution in [3.8, 4) is 11.5 Å². The van der Waals surface area contributed by atoms with Gasteiger partial charge in [0.2, 0.25) is 11.8 Å². The zero-order valence-corrected chi connectivity index (χ0v) is 17.2. The summed E-state index contributed by atoms with van der Waals surface area (Å²) in [5.74, 6) is 2.99. The maximum absolute atomic E-state index is 12.5. The molecule has 4 rings (SSSR count). The van der Waals surface area contributed by atoms with Crippen LogP contribution in [0.15, 0.2) is 53.1 Å². The van der Waals surface area contributed by atoms with Crippen LogP contribution in [0, 0.1) is 6.92 Å². The lowest BCUT2D eigenvalue weighted by Crippen LogP contribution is -2.49. The smallest absolute Gasteiger partial charge is 0.233 e. The minimum absolute atomic E-state index is 0.0887. The summed E-state index contributed by atoms with van der Waals surface area (Å²) in [6, 6.07) is 15.5. The number of carbonyl (C=O) groups is 1. The van der Waals surface area contributed by atoms with Crippen molar-refractivity contribution in [2.75, 3.05) is 26.8 Å². The fourth-order valence-corrected chi connectivity index (χ4v) is 3.41. The molecule has 156 valence electrons. The summed E-state index contributed by atoms with van der Waals surface area (Å²) < 4.78 is 16.3. The molecule has 0 unspecified atom stereocenters. The van der Waals surface area contributed by atoms with E-state index in [-0.39, 0.29) is 11.8 Å². The molecule has 0 N–H and O–H groups in total. The van der Waals surface area contributed by atoms with Crippen LogP contribution in [-0.2, 0) is 17.6 Å². The molecule has 7 heteroatoms. The molecule has 1 aliphatic rings. The van der Waals surface area contributed by atoms with E-state index in [9.17, 15) is 4.79 Å². The highest BCUT2D eigenvalue weighted by molar-refractivity contribution is 5.79. The van der Waals surface area contributed by atoms with Gasteiger partial charge in [0.15, 0.2) is 5.82 Å². The minimum atomic E-state index is 0.0887. The lowest BCUT2D eigenvalue weighted by Gasteiger charge is -2.37. The highest BCUT2D eigenvalue weighted by Gasteiger charge is 2.35. The zero-order chi connectivity index (χ0) is 20.9. The maximum atomic E-state index is 12.5. The van der Waals surface area contributed by atoms with Gasteiger partial charge >= 0.3 is 0 Å². The minimum Gasteiger partial charge on any atom is -0.497 e. The number of amides is 1. The molecule has 0 saturated carbocycles. The van der Waals surface area contributed by atoms with Crippen LogP contribution in [0.2, 0.25) is 0 Å². The molecule has 1 amide bonds. The summed E-state index contributed by atoms with van der Waals surface area (Å²) in [4.78, 5) is 18.8. The lowest BCUT2D eigenvalue weighted by molar-refractivity contribution is -0.135. The first-order valence-corrected chi connectivity index (χ1v) is 10.0. The van der Waals surface area contributed by atoms with Crippen LogP contribution in [0.3, 0.4) is 0 Å². The zero-order valence-electron chi connectivity index (χ0n) is 17.2. The van der Waals surface area contributed by atoms with E-state index in [1.54, 1.807) is 7.11 Å². The first-order valence-electron chi connectivity index (χ1n) is 10.0. The molecule has 0 aliphatic carbocycles. The average Bonchev–Trinajstić information content (AvgIpc) is 3.15.